The van der Waals surface area contributed by atoms with E-state index in [1.54, 1.807) is 44.2 Å². The number of hydrogen-bond donors (Lipinski definition) is 2. The number of benzene rings is 1. The van der Waals surface area contributed by atoms with Gasteiger partial charge in [0.15, 0.2) is 0 Å². The van der Waals surface area contributed by atoms with Crippen LogP contribution in [-0.4, -0.2) is 67.4 Å². The molecular formula is C19H22N3NaO6S. The van der Waals surface area contributed by atoms with E-state index in [9.17, 15) is 29.4 Å². The van der Waals surface area contributed by atoms with E-state index < -0.39 is 58.4 Å². The molecule has 156 valence electrons. The third kappa shape index (κ3) is 4.52. The van der Waals surface area contributed by atoms with Crippen LogP contribution in [0.2, 0.25) is 0 Å². The molecule has 30 heavy (non-hydrogen) atoms. The first kappa shape index (κ1) is 24.7. The standard InChI is InChI=1S/C19H23N3O6S.Na/c1-19(2)14(18(27)28)22-15(25)12(17(22)29-19)13(24)16(26)21(9-11(20)23)8-10-6-4-3-5-7-10;/h3-7,12-14,17,24H,8-9H2,1-2H3,(H2,20,23)(H,27,28);/q;+1/p-1/t12-,13+,14+,17-;/m1./s1. The number of nitrogens with two attached hydrogens (primary N) is 1. The number of carbonyl (C=O) groups excluding carboxylic acids is 4. The summed E-state index contributed by atoms with van der Waals surface area (Å²) in [5.74, 6) is -4.65. The zero-order valence-corrected chi connectivity index (χ0v) is 19.8. The summed E-state index contributed by atoms with van der Waals surface area (Å²) in [6.45, 7) is 2.96. The van der Waals surface area contributed by atoms with E-state index in [4.69, 9.17) is 5.73 Å². The predicted octanol–water partition coefficient (Wildman–Crippen LogP) is -4.71. The van der Waals surface area contributed by atoms with Gasteiger partial charge in [-0.2, -0.15) is 0 Å². The van der Waals surface area contributed by atoms with E-state index in [2.05, 4.69) is 0 Å². The number of aliphatic hydroxyl groups is 1. The Hall–Kier alpha value is -1.59. The Kier molecular flexibility index (Phi) is 7.63. The molecule has 0 spiro atoms. The maximum Gasteiger partial charge on any atom is 1.00 e. The SMILES string of the molecule is CC1(C)S[C@@H]2[C@H]([C@H](O)C(=O)N(CC(N)=O)Cc3ccccc3)C(=O)N2[C@H]1C(=O)[O-].[Na+]. The molecule has 0 unspecified atom stereocenters. The molecule has 2 heterocycles. The first-order valence-electron chi connectivity index (χ1n) is 9.04. The molecule has 0 saturated carbocycles. The van der Waals surface area contributed by atoms with Crippen LogP contribution in [-0.2, 0) is 25.7 Å². The fourth-order valence-electron chi connectivity index (χ4n) is 3.86. The number of carboxylic acid groups (broad SMARTS) is 1. The van der Waals surface area contributed by atoms with Crippen molar-refractivity contribution in [2.75, 3.05) is 6.54 Å². The van der Waals surface area contributed by atoms with Crippen LogP contribution in [0.5, 0.6) is 0 Å². The van der Waals surface area contributed by atoms with Crippen LogP contribution in [0.3, 0.4) is 0 Å². The summed E-state index contributed by atoms with van der Waals surface area (Å²) in [5.41, 5.74) is 5.97. The Balaban J connectivity index is 0.00000320. The number of nitrogens with zero attached hydrogens (tertiary/aromatic N) is 2. The normalized spacial score (nSPS) is 24.8. The van der Waals surface area contributed by atoms with Crippen molar-refractivity contribution >= 4 is 35.5 Å². The molecule has 0 radical (unpaired) electrons. The molecular weight excluding hydrogens is 421 g/mol. The number of aliphatic carboxylic acids is 1. The van der Waals surface area contributed by atoms with Gasteiger partial charge >= 0.3 is 29.6 Å². The van der Waals surface area contributed by atoms with Crippen molar-refractivity contribution in [2.45, 2.75) is 42.7 Å². The molecule has 1 aromatic carbocycles. The number of thioether (sulfide) groups is 1. The van der Waals surface area contributed by atoms with E-state index in [0.29, 0.717) is 0 Å². The van der Waals surface area contributed by atoms with Gasteiger partial charge in [0, 0.05) is 11.3 Å². The average molecular weight is 443 g/mol. The number of hydrogen-bond acceptors (Lipinski definition) is 7. The molecule has 1 aromatic rings. The smallest absolute Gasteiger partial charge is 0.548 e. The van der Waals surface area contributed by atoms with Crippen molar-refractivity contribution in [3.63, 3.8) is 0 Å². The van der Waals surface area contributed by atoms with Crippen molar-refractivity contribution in [3.05, 3.63) is 35.9 Å². The Morgan fingerprint density at radius 2 is 1.90 bits per heavy atom. The van der Waals surface area contributed by atoms with Crippen molar-refractivity contribution < 1.29 is 58.9 Å². The van der Waals surface area contributed by atoms with E-state index in [-0.39, 0.29) is 36.1 Å². The Morgan fingerprint density at radius 3 is 2.43 bits per heavy atom. The molecule has 0 aromatic heterocycles. The summed E-state index contributed by atoms with van der Waals surface area (Å²) in [7, 11) is 0. The molecule has 3 amide bonds. The van der Waals surface area contributed by atoms with Gasteiger partial charge in [0.2, 0.25) is 11.8 Å². The number of rotatable bonds is 7. The van der Waals surface area contributed by atoms with E-state index in [1.165, 1.54) is 11.8 Å². The molecule has 0 aliphatic carbocycles. The average Bonchev–Trinajstić information content (AvgIpc) is 2.88. The van der Waals surface area contributed by atoms with Gasteiger partial charge in [-0.1, -0.05) is 30.3 Å². The third-order valence-electron chi connectivity index (χ3n) is 5.17. The summed E-state index contributed by atoms with van der Waals surface area (Å²) < 4.78 is -0.826. The van der Waals surface area contributed by atoms with Gasteiger partial charge in [0.25, 0.3) is 5.91 Å². The number of aliphatic hydroxyl groups excluding tert-OH is 1. The van der Waals surface area contributed by atoms with Crippen LogP contribution in [0.4, 0.5) is 0 Å². The molecule has 2 fully saturated rings. The topological polar surface area (TPSA) is 144 Å². The summed E-state index contributed by atoms with van der Waals surface area (Å²) >= 11 is 1.20. The quantitative estimate of drug-likeness (QED) is 0.318. The number of β-lactam (4-membered cyclic amide) rings is 1. The van der Waals surface area contributed by atoms with Crippen LogP contribution in [0.15, 0.2) is 30.3 Å². The summed E-state index contributed by atoms with van der Waals surface area (Å²) in [6, 6.07) is 7.70. The molecule has 0 bridgehead atoms. The van der Waals surface area contributed by atoms with Gasteiger partial charge < -0.3 is 30.5 Å². The number of carbonyl (C=O) groups is 4. The molecule has 2 aliphatic rings. The third-order valence-corrected chi connectivity index (χ3v) is 6.77. The summed E-state index contributed by atoms with van der Waals surface area (Å²) in [5, 5.41) is 21.5. The van der Waals surface area contributed by atoms with Gasteiger partial charge in [0.05, 0.1) is 23.9 Å². The van der Waals surface area contributed by atoms with E-state index in [0.717, 1.165) is 15.4 Å². The maximum atomic E-state index is 12.9. The second-order valence-electron chi connectivity index (χ2n) is 7.70. The van der Waals surface area contributed by atoms with Crippen LogP contribution >= 0.6 is 11.8 Å². The fourth-order valence-corrected chi connectivity index (χ4v) is 5.57. The first-order chi connectivity index (χ1) is 13.5. The van der Waals surface area contributed by atoms with Crippen LogP contribution in [0.1, 0.15) is 19.4 Å². The summed E-state index contributed by atoms with van der Waals surface area (Å²) in [4.78, 5) is 50.6. The van der Waals surface area contributed by atoms with Crippen LogP contribution in [0, 0.1) is 5.92 Å². The number of fused-ring (bicyclic) bond motifs is 1. The Morgan fingerprint density at radius 1 is 1.30 bits per heavy atom. The predicted molar refractivity (Wildman–Crippen MR) is 102 cm³/mol. The molecule has 3 rings (SSSR count). The Labute approximate surface area is 200 Å². The number of carboxylic acids is 1. The molecule has 3 N–H and O–H groups in total. The minimum absolute atomic E-state index is 0. The van der Waals surface area contributed by atoms with Crippen LogP contribution in [0.25, 0.3) is 0 Å². The van der Waals surface area contributed by atoms with Gasteiger partial charge in [0.1, 0.15) is 12.0 Å². The van der Waals surface area contributed by atoms with Crippen molar-refractivity contribution in [1.82, 2.24) is 9.80 Å². The maximum absolute atomic E-state index is 12.9. The molecule has 11 heteroatoms. The fraction of sp³-hybridized carbons (Fsp3) is 0.474. The largest absolute Gasteiger partial charge is 1.00 e. The monoisotopic (exact) mass is 443 g/mol. The first-order valence-corrected chi connectivity index (χ1v) is 9.92. The second-order valence-corrected chi connectivity index (χ2v) is 9.47. The number of primary amides is 1. The minimum Gasteiger partial charge on any atom is -0.548 e. The number of amides is 3. The zero-order valence-electron chi connectivity index (χ0n) is 17.0. The van der Waals surface area contributed by atoms with E-state index in [1.807, 2.05) is 0 Å². The summed E-state index contributed by atoms with van der Waals surface area (Å²) in [6.07, 6.45) is -1.71. The van der Waals surface area contributed by atoms with Crippen molar-refractivity contribution in [1.29, 1.82) is 0 Å². The molecule has 2 saturated heterocycles. The van der Waals surface area contributed by atoms with Gasteiger partial charge in [-0.3, -0.25) is 14.4 Å². The molecule has 2 aliphatic heterocycles. The minimum atomic E-state index is -1.71. The van der Waals surface area contributed by atoms with Crippen molar-refractivity contribution in [3.8, 4) is 0 Å². The van der Waals surface area contributed by atoms with Gasteiger partial charge in [-0.05, 0) is 19.4 Å². The molecule has 4 atom stereocenters. The van der Waals surface area contributed by atoms with Crippen LogP contribution < -0.4 is 40.4 Å². The van der Waals surface area contributed by atoms with Gasteiger partial charge in [-0.15, -0.1) is 11.8 Å². The van der Waals surface area contributed by atoms with Crippen molar-refractivity contribution in [2.24, 2.45) is 11.7 Å². The molecule has 9 nitrogen and oxygen atoms in total. The second kappa shape index (κ2) is 9.27. The Bertz CT molecular complexity index is 852. The van der Waals surface area contributed by atoms with E-state index >= 15 is 0 Å². The zero-order chi connectivity index (χ0) is 21.5. The van der Waals surface area contributed by atoms with Gasteiger partial charge in [-0.25, -0.2) is 0 Å².